The highest BCUT2D eigenvalue weighted by molar-refractivity contribution is 5.93. The number of hydrogen-bond acceptors (Lipinski definition) is 5. The summed E-state index contributed by atoms with van der Waals surface area (Å²) in [5.74, 6) is -0.751. The highest BCUT2D eigenvalue weighted by Crippen LogP contribution is 2.42. The summed E-state index contributed by atoms with van der Waals surface area (Å²) in [4.78, 5) is 30.7. The Morgan fingerprint density at radius 2 is 2.20 bits per heavy atom. The molecule has 2 fully saturated rings. The monoisotopic (exact) mass is 342 g/mol. The molecule has 8 heteroatoms. The lowest BCUT2D eigenvalue weighted by Gasteiger charge is -2.33. The van der Waals surface area contributed by atoms with Crippen molar-refractivity contribution in [3.05, 3.63) is 42.4 Å². The van der Waals surface area contributed by atoms with Crippen LogP contribution in [0, 0.1) is 11.3 Å². The molecule has 0 aliphatic carbocycles. The molecular formula is C17H18N4O4. The molecule has 25 heavy (non-hydrogen) atoms. The van der Waals surface area contributed by atoms with Crippen molar-refractivity contribution >= 4 is 11.9 Å². The molecule has 0 radical (unpaired) electrons. The van der Waals surface area contributed by atoms with Gasteiger partial charge in [0.1, 0.15) is 5.69 Å². The number of amides is 1. The van der Waals surface area contributed by atoms with E-state index in [2.05, 4.69) is 10.1 Å². The fraction of sp³-hybridized carbons (Fsp3) is 0.412. The standard InChI is InChI=1S/C17H18N4O4/c22-15(13-3-1-4-14(19-13)21-7-2-6-18-21)20-9-12-10-25-8-5-17(12,11-20)16(23)24/h1-4,6-7,12H,5,8-11H2,(H,23,24)/t12-,17+/m0/s1. The first-order valence-corrected chi connectivity index (χ1v) is 8.18. The van der Waals surface area contributed by atoms with Crippen LogP contribution in [0.2, 0.25) is 0 Å². The smallest absolute Gasteiger partial charge is 0.311 e. The van der Waals surface area contributed by atoms with Gasteiger partial charge in [-0.2, -0.15) is 5.10 Å². The van der Waals surface area contributed by atoms with Crippen molar-refractivity contribution in [2.75, 3.05) is 26.3 Å². The van der Waals surface area contributed by atoms with Crippen molar-refractivity contribution in [2.24, 2.45) is 11.3 Å². The molecule has 2 aromatic rings. The number of carboxylic acids is 1. The summed E-state index contributed by atoms with van der Waals surface area (Å²) >= 11 is 0. The third-order valence-electron chi connectivity index (χ3n) is 5.11. The van der Waals surface area contributed by atoms with E-state index in [1.165, 1.54) is 0 Å². The second-order valence-corrected chi connectivity index (χ2v) is 6.50. The molecule has 4 heterocycles. The van der Waals surface area contributed by atoms with Gasteiger partial charge in [0.2, 0.25) is 0 Å². The van der Waals surface area contributed by atoms with Crippen molar-refractivity contribution in [1.82, 2.24) is 19.7 Å². The van der Waals surface area contributed by atoms with Crippen molar-refractivity contribution in [3.63, 3.8) is 0 Å². The van der Waals surface area contributed by atoms with Gasteiger partial charge < -0.3 is 14.7 Å². The Hall–Kier alpha value is -2.74. The fourth-order valence-corrected chi connectivity index (χ4v) is 3.69. The van der Waals surface area contributed by atoms with Crippen LogP contribution in [0.4, 0.5) is 0 Å². The predicted octanol–water partition coefficient (Wildman–Crippen LogP) is 0.831. The summed E-state index contributed by atoms with van der Waals surface area (Å²) in [6, 6.07) is 6.93. The minimum Gasteiger partial charge on any atom is -0.481 e. The van der Waals surface area contributed by atoms with Gasteiger partial charge in [0, 0.05) is 38.0 Å². The predicted molar refractivity (Wildman–Crippen MR) is 86.3 cm³/mol. The Bertz CT molecular complexity index is 807. The zero-order valence-corrected chi connectivity index (χ0v) is 13.5. The number of ether oxygens (including phenoxy) is 1. The number of aromatic nitrogens is 3. The normalized spacial score (nSPS) is 25.6. The van der Waals surface area contributed by atoms with Gasteiger partial charge in [-0.25, -0.2) is 9.67 Å². The molecule has 0 spiro atoms. The van der Waals surface area contributed by atoms with Gasteiger partial charge in [0.15, 0.2) is 5.82 Å². The van der Waals surface area contributed by atoms with Gasteiger partial charge in [-0.05, 0) is 24.6 Å². The zero-order valence-electron chi connectivity index (χ0n) is 13.5. The maximum Gasteiger partial charge on any atom is 0.311 e. The summed E-state index contributed by atoms with van der Waals surface area (Å²) in [7, 11) is 0. The van der Waals surface area contributed by atoms with Crippen LogP contribution < -0.4 is 0 Å². The average Bonchev–Trinajstić information content (AvgIpc) is 3.29. The van der Waals surface area contributed by atoms with Gasteiger partial charge in [-0.1, -0.05) is 6.07 Å². The molecule has 4 rings (SSSR count). The molecule has 2 aliphatic rings. The van der Waals surface area contributed by atoms with Crippen molar-refractivity contribution in [1.29, 1.82) is 0 Å². The van der Waals surface area contributed by atoms with Crippen LogP contribution >= 0.6 is 0 Å². The van der Waals surface area contributed by atoms with E-state index in [0.717, 1.165) is 0 Å². The topological polar surface area (TPSA) is 97.5 Å². The Labute approximate surface area is 144 Å². The van der Waals surface area contributed by atoms with Crippen LogP contribution in [0.5, 0.6) is 0 Å². The molecule has 1 N–H and O–H groups in total. The molecule has 130 valence electrons. The maximum absolute atomic E-state index is 12.9. The van der Waals surface area contributed by atoms with E-state index in [9.17, 15) is 14.7 Å². The number of pyridine rings is 1. The molecule has 0 bridgehead atoms. The van der Waals surface area contributed by atoms with E-state index in [-0.39, 0.29) is 24.1 Å². The molecule has 8 nitrogen and oxygen atoms in total. The lowest BCUT2D eigenvalue weighted by molar-refractivity contribution is -0.157. The molecule has 1 amide bonds. The summed E-state index contributed by atoms with van der Waals surface area (Å²) in [5.41, 5.74) is -0.624. The number of nitrogens with zero attached hydrogens (tertiary/aromatic N) is 4. The molecule has 2 saturated heterocycles. The van der Waals surface area contributed by atoms with Crippen molar-refractivity contribution in [2.45, 2.75) is 6.42 Å². The number of aliphatic carboxylic acids is 1. The number of hydrogen-bond donors (Lipinski definition) is 1. The highest BCUT2D eigenvalue weighted by Gasteiger charge is 2.55. The van der Waals surface area contributed by atoms with E-state index in [0.29, 0.717) is 32.0 Å². The lowest BCUT2D eigenvalue weighted by Crippen LogP contribution is -2.45. The van der Waals surface area contributed by atoms with E-state index >= 15 is 0 Å². The average molecular weight is 342 g/mol. The van der Waals surface area contributed by atoms with Gasteiger partial charge in [-0.3, -0.25) is 9.59 Å². The van der Waals surface area contributed by atoms with Gasteiger partial charge in [-0.15, -0.1) is 0 Å². The second kappa shape index (κ2) is 5.96. The zero-order chi connectivity index (χ0) is 17.4. The molecule has 0 unspecified atom stereocenters. The van der Waals surface area contributed by atoms with Gasteiger partial charge >= 0.3 is 5.97 Å². The van der Waals surface area contributed by atoms with Crippen molar-refractivity contribution < 1.29 is 19.4 Å². The summed E-state index contributed by atoms with van der Waals surface area (Å²) in [5, 5.41) is 13.8. The molecular weight excluding hydrogens is 324 g/mol. The van der Waals surface area contributed by atoms with Crippen LogP contribution in [0.15, 0.2) is 36.7 Å². The summed E-state index contributed by atoms with van der Waals surface area (Å²) in [6.45, 7) is 1.36. The first-order chi connectivity index (χ1) is 12.1. The van der Waals surface area contributed by atoms with Crippen LogP contribution in [-0.2, 0) is 9.53 Å². The lowest BCUT2D eigenvalue weighted by atomic mass is 9.74. The van der Waals surface area contributed by atoms with Crippen LogP contribution in [0.1, 0.15) is 16.9 Å². The molecule has 2 atom stereocenters. The summed E-state index contributed by atoms with van der Waals surface area (Å²) in [6.07, 6.45) is 3.81. The van der Waals surface area contributed by atoms with E-state index in [4.69, 9.17) is 4.74 Å². The highest BCUT2D eigenvalue weighted by atomic mass is 16.5. The molecule has 0 aromatic carbocycles. The van der Waals surface area contributed by atoms with E-state index < -0.39 is 11.4 Å². The van der Waals surface area contributed by atoms with Gasteiger partial charge in [0.05, 0.1) is 12.0 Å². The third-order valence-corrected chi connectivity index (χ3v) is 5.11. The van der Waals surface area contributed by atoms with Crippen LogP contribution in [0.3, 0.4) is 0 Å². The van der Waals surface area contributed by atoms with E-state index in [1.54, 1.807) is 46.2 Å². The molecule has 0 saturated carbocycles. The Morgan fingerprint density at radius 1 is 1.32 bits per heavy atom. The largest absolute Gasteiger partial charge is 0.481 e. The minimum atomic E-state index is -0.909. The Morgan fingerprint density at radius 3 is 2.92 bits per heavy atom. The van der Waals surface area contributed by atoms with E-state index in [1.807, 2.05) is 0 Å². The van der Waals surface area contributed by atoms with Crippen LogP contribution in [-0.4, -0.2) is 63.0 Å². The quantitative estimate of drug-likeness (QED) is 0.887. The first-order valence-electron chi connectivity index (χ1n) is 8.18. The van der Waals surface area contributed by atoms with Crippen molar-refractivity contribution in [3.8, 4) is 5.82 Å². The Kier molecular flexibility index (Phi) is 3.76. The maximum atomic E-state index is 12.9. The number of carboxylic acid groups (broad SMARTS) is 1. The third kappa shape index (κ3) is 2.58. The summed E-state index contributed by atoms with van der Waals surface area (Å²) < 4.78 is 7.01. The number of fused-ring (bicyclic) bond motifs is 1. The molecule has 2 aliphatic heterocycles. The first kappa shape index (κ1) is 15.8. The number of carbonyl (C=O) groups excluding carboxylic acids is 1. The number of likely N-dealkylation sites (tertiary alicyclic amines) is 1. The molecule has 2 aromatic heterocycles. The second-order valence-electron chi connectivity index (χ2n) is 6.50. The van der Waals surface area contributed by atoms with Crippen LogP contribution in [0.25, 0.3) is 5.82 Å². The Balaban J connectivity index is 1.60. The number of rotatable bonds is 3. The van der Waals surface area contributed by atoms with Gasteiger partial charge in [0.25, 0.3) is 5.91 Å². The SMILES string of the molecule is O=C(c1cccc(-n2cccn2)n1)N1C[C@H]2COCC[C@@]2(C(=O)O)C1. The fourth-order valence-electron chi connectivity index (χ4n) is 3.69. The minimum absolute atomic E-state index is 0.183. The number of carbonyl (C=O) groups is 2.